The number of halogens is 2. The quantitative estimate of drug-likeness (QED) is 0.560. The van der Waals surface area contributed by atoms with Crippen LogP contribution in [0.4, 0.5) is 10.5 Å². The van der Waals surface area contributed by atoms with Gasteiger partial charge in [-0.2, -0.15) is 0 Å². The Kier molecular flexibility index (Phi) is 7.19. The van der Waals surface area contributed by atoms with E-state index >= 15 is 0 Å². The topological polar surface area (TPSA) is 62.4 Å². The van der Waals surface area contributed by atoms with Crippen molar-refractivity contribution >= 4 is 52.3 Å². The number of rotatable bonds is 4. The Hall–Kier alpha value is -1.24. The molecule has 0 bridgehead atoms. The van der Waals surface area contributed by atoms with Crippen molar-refractivity contribution in [2.45, 2.75) is 26.4 Å². The zero-order valence-corrected chi connectivity index (χ0v) is 15.0. The first-order chi connectivity index (χ1) is 10.2. The van der Waals surface area contributed by atoms with Gasteiger partial charge in [-0.15, -0.1) is 0 Å². The van der Waals surface area contributed by atoms with Crippen LogP contribution < -0.4 is 16.0 Å². The first kappa shape index (κ1) is 18.8. The predicted octanol–water partition coefficient (Wildman–Crippen LogP) is 3.80. The Morgan fingerprint density at radius 2 is 1.86 bits per heavy atom. The molecule has 3 N–H and O–H groups in total. The van der Waals surface area contributed by atoms with E-state index in [0.717, 1.165) is 0 Å². The highest BCUT2D eigenvalue weighted by atomic mass is 35.5. The highest BCUT2D eigenvalue weighted by molar-refractivity contribution is 7.80. The summed E-state index contributed by atoms with van der Waals surface area (Å²) in [7, 11) is 0. The summed E-state index contributed by atoms with van der Waals surface area (Å²) in [5, 5.41) is 9.74. The largest absolute Gasteiger partial charge is 0.444 e. The number of amides is 1. The van der Waals surface area contributed by atoms with Crippen molar-refractivity contribution in [3.63, 3.8) is 0 Å². The zero-order valence-electron chi connectivity index (χ0n) is 12.6. The summed E-state index contributed by atoms with van der Waals surface area (Å²) >= 11 is 17.1. The number of nitrogens with one attached hydrogen (secondary N) is 3. The molecule has 122 valence electrons. The molecular formula is C14H19Cl2N3O2S. The maximum absolute atomic E-state index is 11.4. The molecule has 0 unspecified atom stereocenters. The van der Waals surface area contributed by atoms with Gasteiger partial charge in [0.05, 0.1) is 15.7 Å². The van der Waals surface area contributed by atoms with Gasteiger partial charge in [-0.05, 0) is 45.1 Å². The molecule has 0 saturated carbocycles. The molecule has 1 rings (SSSR count). The van der Waals surface area contributed by atoms with E-state index in [1.54, 1.807) is 39.0 Å². The minimum atomic E-state index is -0.516. The lowest BCUT2D eigenvalue weighted by Gasteiger charge is -2.19. The third kappa shape index (κ3) is 7.15. The van der Waals surface area contributed by atoms with Gasteiger partial charge in [0.25, 0.3) is 0 Å². The molecule has 0 atom stereocenters. The fourth-order valence-electron chi connectivity index (χ4n) is 1.42. The van der Waals surface area contributed by atoms with Gasteiger partial charge >= 0.3 is 6.09 Å². The van der Waals surface area contributed by atoms with E-state index in [4.69, 9.17) is 40.2 Å². The van der Waals surface area contributed by atoms with Crippen molar-refractivity contribution in [3.05, 3.63) is 28.2 Å². The average molecular weight is 364 g/mol. The summed E-state index contributed by atoms with van der Waals surface area (Å²) in [5.41, 5.74) is 0.101. The highest BCUT2D eigenvalue weighted by Crippen LogP contribution is 2.29. The molecule has 8 heteroatoms. The lowest BCUT2D eigenvalue weighted by Crippen LogP contribution is -2.39. The van der Waals surface area contributed by atoms with E-state index < -0.39 is 11.7 Å². The third-order valence-electron chi connectivity index (χ3n) is 2.28. The maximum Gasteiger partial charge on any atom is 0.407 e. The van der Waals surface area contributed by atoms with E-state index in [0.29, 0.717) is 33.9 Å². The lowest BCUT2D eigenvalue weighted by molar-refractivity contribution is 0.0529. The normalized spacial score (nSPS) is 10.8. The third-order valence-corrected chi connectivity index (χ3v) is 3.34. The molecule has 5 nitrogen and oxygen atoms in total. The van der Waals surface area contributed by atoms with Crippen molar-refractivity contribution in [2.75, 3.05) is 18.4 Å². The molecule has 1 amide bonds. The first-order valence-corrected chi connectivity index (χ1v) is 7.81. The Balaban J connectivity index is 2.30. The van der Waals surface area contributed by atoms with Gasteiger partial charge < -0.3 is 20.7 Å². The smallest absolute Gasteiger partial charge is 0.407 e. The molecule has 0 aliphatic heterocycles. The summed E-state index contributed by atoms with van der Waals surface area (Å²) in [5.74, 6) is 0. The minimum Gasteiger partial charge on any atom is -0.444 e. The number of benzene rings is 1. The molecule has 0 fully saturated rings. The van der Waals surface area contributed by atoms with Crippen LogP contribution in [0.1, 0.15) is 20.8 Å². The molecular weight excluding hydrogens is 345 g/mol. The van der Waals surface area contributed by atoms with E-state index in [1.165, 1.54) is 0 Å². The van der Waals surface area contributed by atoms with Crippen molar-refractivity contribution in [2.24, 2.45) is 0 Å². The Morgan fingerprint density at radius 1 is 1.23 bits per heavy atom. The summed E-state index contributed by atoms with van der Waals surface area (Å²) in [6.07, 6.45) is -0.467. The first-order valence-electron chi connectivity index (χ1n) is 6.65. The van der Waals surface area contributed by atoms with Crippen molar-refractivity contribution < 1.29 is 9.53 Å². The Bertz CT molecular complexity index is 547. The van der Waals surface area contributed by atoms with Crippen LogP contribution in [-0.2, 0) is 4.74 Å². The number of hydrogen-bond donors (Lipinski definition) is 3. The van der Waals surface area contributed by atoms with E-state index in [2.05, 4.69) is 16.0 Å². The fourth-order valence-corrected chi connectivity index (χ4v) is 1.98. The average Bonchev–Trinajstić information content (AvgIpc) is 2.38. The molecule has 1 aromatic carbocycles. The second-order valence-electron chi connectivity index (χ2n) is 5.41. The van der Waals surface area contributed by atoms with Gasteiger partial charge in [0, 0.05) is 13.1 Å². The molecule has 1 aromatic rings. The number of hydrogen-bond acceptors (Lipinski definition) is 3. The molecule has 22 heavy (non-hydrogen) atoms. The molecule has 0 aromatic heterocycles. The van der Waals surface area contributed by atoms with Gasteiger partial charge in [-0.25, -0.2) is 4.79 Å². The van der Waals surface area contributed by atoms with Crippen molar-refractivity contribution in [1.29, 1.82) is 0 Å². The lowest BCUT2D eigenvalue weighted by atomic mass is 10.2. The van der Waals surface area contributed by atoms with Crippen LogP contribution in [0.2, 0.25) is 10.0 Å². The fraction of sp³-hybridized carbons (Fsp3) is 0.429. The second-order valence-corrected chi connectivity index (χ2v) is 6.60. The Morgan fingerprint density at radius 3 is 2.50 bits per heavy atom. The van der Waals surface area contributed by atoms with Crippen LogP contribution in [0, 0.1) is 0 Å². The maximum atomic E-state index is 11.4. The molecule has 0 spiro atoms. The predicted molar refractivity (Wildman–Crippen MR) is 94.9 cm³/mol. The Labute approximate surface area is 145 Å². The number of ether oxygens (including phenoxy) is 1. The number of carbonyl (C=O) groups excluding carboxylic acids is 1. The van der Waals surface area contributed by atoms with E-state index in [-0.39, 0.29) is 0 Å². The zero-order chi connectivity index (χ0) is 16.8. The van der Waals surface area contributed by atoms with Crippen molar-refractivity contribution in [1.82, 2.24) is 10.6 Å². The molecule has 0 radical (unpaired) electrons. The summed E-state index contributed by atoms with van der Waals surface area (Å²) in [6.45, 7) is 6.24. The van der Waals surface area contributed by atoms with Crippen LogP contribution in [-0.4, -0.2) is 29.9 Å². The number of thiocarbonyl (C=S) groups is 1. The number of anilines is 1. The SMILES string of the molecule is CC(C)(C)OC(=O)NCCNC(=S)Nc1cccc(Cl)c1Cl. The second kappa shape index (κ2) is 8.41. The van der Waals surface area contributed by atoms with Crippen LogP contribution in [0.3, 0.4) is 0 Å². The summed E-state index contributed by atoms with van der Waals surface area (Å²) in [4.78, 5) is 11.4. The van der Waals surface area contributed by atoms with Gasteiger partial charge in [0.15, 0.2) is 5.11 Å². The molecule has 0 aliphatic rings. The monoisotopic (exact) mass is 363 g/mol. The van der Waals surface area contributed by atoms with Crippen LogP contribution >= 0.6 is 35.4 Å². The number of carbonyl (C=O) groups is 1. The number of alkyl carbamates (subject to hydrolysis) is 1. The van der Waals surface area contributed by atoms with Gasteiger partial charge in [-0.1, -0.05) is 29.3 Å². The van der Waals surface area contributed by atoms with Gasteiger partial charge in [0.1, 0.15) is 5.60 Å². The summed E-state index contributed by atoms with van der Waals surface area (Å²) in [6, 6.07) is 5.22. The van der Waals surface area contributed by atoms with Crippen molar-refractivity contribution in [3.8, 4) is 0 Å². The molecule has 0 saturated heterocycles. The van der Waals surface area contributed by atoms with Gasteiger partial charge in [-0.3, -0.25) is 0 Å². The summed E-state index contributed by atoms with van der Waals surface area (Å²) < 4.78 is 5.11. The molecule has 0 aliphatic carbocycles. The van der Waals surface area contributed by atoms with Gasteiger partial charge in [0.2, 0.25) is 0 Å². The minimum absolute atomic E-state index is 0.375. The molecule has 0 heterocycles. The van der Waals surface area contributed by atoms with E-state index in [1.807, 2.05) is 0 Å². The van der Waals surface area contributed by atoms with E-state index in [9.17, 15) is 4.79 Å². The van der Waals surface area contributed by atoms with Crippen LogP contribution in [0.5, 0.6) is 0 Å². The standard InChI is InChI=1S/C14H19Cl2N3O2S/c1-14(2,3)21-13(20)18-8-7-17-12(22)19-10-6-4-5-9(15)11(10)16/h4-6H,7-8H2,1-3H3,(H,18,20)(H2,17,19,22). The van der Waals surface area contributed by atoms with Crippen LogP contribution in [0.25, 0.3) is 0 Å². The van der Waals surface area contributed by atoms with Crippen LogP contribution in [0.15, 0.2) is 18.2 Å². The highest BCUT2D eigenvalue weighted by Gasteiger charge is 2.15.